The van der Waals surface area contributed by atoms with Gasteiger partial charge in [0.2, 0.25) is 0 Å². The van der Waals surface area contributed by atoms with E-state index in [1.807, 2.05) is 0 Å². The number of unbranched alkanes of at least 4 members (excludes halogenated alkanes) is 1. The van der Waals surface area contributed by atoms with Crippen molar-refractivity contribution < 1.29 is 4.43 Å². The highest BCUT2D eigenvalue weighted by Crippen LogP contribution is 2.31. The molecule has 74 valence electrons. The lowest BCUT2D eigenvalue weighted by Crippen LogP contribution is -2.17. The molecule has 0 amide bonds. The zero-order valence-corrected chi connectivity index (χ0v) is 11.2. The lowest BCUT2D eigenvalue weighted by atomic mass is 9.80. The highest BCUT2D eigenvalue weighted by Gasteiger charge is 2.20. The summed E-state index contributed by atoms with van der Waals surface area (Å²) in [6.07, 6.45) is 6.58. The topological polar surface area (TPSA) is 9.23 Å². The van der Waals surface area contributed by atoms with Gasteiger partial charge in [-0.15, -0.1) is 0 Å². The van der Waals surface area contributed by atoms with Crippen molar-refractivity contribution in [2.45, 2.75) is 52.9 Å². The lowest BCUT2D eigenvalue weighted by molar-refractivity contribution is 0.197. The largest absolute Gasteiger partial charge is 0.428 e. The molecule has 0 saturated heterocycles. The van der Waals surface area contributed by atoms with E-state index in [9.17, 15) is 0 Å². The van der Waals surface area contributed by atoms with Gasteiger partial charge in [0.25, 0.3) is 0 Å². The zero-order chi connectivity index (χ0) is 9.45. The van der Waals surface area contributed by atoms with E-state index in [1.165, 1.54) is 32.1 Å². The molecule has 0 heterocycles. The minimum Gasteiger partial charge on any atom is -0.428 e. The Morgan fingerprint density at radius 3 is 2.33 bits per heavy atom. The maximum atomic E-state index is 5.26. The minimum absolute atomic E-state index is 0.542. The summed E-state index contributed by atoms with van der Waals surface area (Å²) in [4.78, 5) is 0. The van der Waals surface area contributed by atoms with Crippen LogP contribution >= 0.6 is 0 Å². The van der Waals surface area contributed by atoms with E-state index in [4.69, 9.17) is 4.43 Å². The van der Waals surface area contributed by atoms with Crippen LogP contribution in [0.4, 0.5) is 0 Å². The summed E-state index contributed by atoms with van der Waals surface area (Å²) in [5.41, 5.74) is 0.542. The smallest absolute Gasteiger partial charge is 0.145 e. The van der Waals surface area contributed by atoms with E-state index >= 15 is 0 Å². The zero-order valence-electron chi connectivity index (χ0n) is 9.15. The Morgan fingerprint density at radius 2 is 1.92 bits per heavy atom. The van der Waals surface area contributed by atoms with Crippen molar-refractivity contribution in [2.24, 2.45) is 5.41 Å². The summed E-state index contributed by atoms with van der Waals surface area (Å²) in [6, 6.07) is 0. The first kappa shape index (κ1) is 12.2. The lowest BCUT2D eigenvalue weighted by Gasteiger charge is -2.27. The Hall–Kier alpha value is 0.177. The molecule has 0 aliphatic rings. The summed E-state index contributed by atoms with van der Waals surface area (Å²) >= 11 is 0. The van der Waals surface area contributed by atoms with Crippen LogP contribution in [0.15, 0.2) is 0 Å². The molecule has 0 aromatic rings. The molecule has 1 atom stereocenters. The molecule has 0 N–H and O–H groups in total. The van der Waals surface area contributed by atoms with Crippen LogP contribution < -0.4 is 0 Å². The van der Waals surface area contributed by atoms with E-state index in [0.717, 1.165) is 17.1 Å². The summed E-state index contributed by atoms with van der Waals surface area (Å²) < 4.78 is 5.26. The Morgan fingerprint density at radius 1 is 1.25 bits per heavy atom. The van der Waals surface area contributed by atoms with E-state index in [-0.39, 0.29) is 0 Å². The van der Waals surface area contributed by atoms with Crippen molar-refractivity contribution >= 4 is 10.5 Å². The van der Waals surface area contributed by atoms with Crippen LogP contribution in [0, 0.1) is 5.41 Å². The standard InChI is InChI=1S/C10H24OSi/c1-4-6-7-10(3,5-2)8-9-11-12/h4-9H2,1-3,12H3. The quantitative estimate of drug-likeness (QED) is 0.557. The van der Waals surface area contributed by atoms with Gasteiger partial charge in [-0.3, -0.25) is 0 Å². The first-order valence-corrected chi connectivity index (χ1v) is 5.99. The summed E-state index contributed by atoms with van der Waals surface area (Å²) in [7, 11) is 0.890. The first-order chi connectivity index (χ1) is 5.68. The maximum absolute atomic E-state index is 5.26. The highest BCUT2D eigenvalue weighted by molar-refractivity contribution is 5.97. The second-order valence-corrected chi connectivity index (χ2v) is 4.59. The van der Waals surface area contributed by atoms with Crippen LogP contribution in [0.1, 0.15) is 52.9 Å². The third kappa shape index (κ3) is 4.94. The summed E-state index contributed by atoms with van der Waals surface area (Å²) in [5.74, 6) is 0. The Kier molecular flexibility index (Phi) is 6.77. The van der Waals surface area contributed by atoms with Gasteiger partial charge in [-0.1, -0.05) is 40.0 Å². The molecule has 0 spiro atoms. The second kappa shape index (κ2) is 6.67. The van der Waals surface area contributed by atoms with E-state index in [0.29, 0.717) is 5.41 Å². The number of hydrogen-bond donors (Lipinski definition) is 0. The first-order valence-electron chi connectivity index (χ1n) is 5.17. The second-order valence-electron chi connectivity index (χ2n) is 4.01. The molecule has 0 aliphatic carbocycles. The van der Waals surface area contributed by atoms with Gasteiger partial charge in [0.1, 0.15) is 10.5 Å². The monoisotopic (exact) mass is 188 g/mol. The third-order valence-electron chi connectivity index (χ3n) is 2.90. The fraction of sp³-hybridized carbons (Fsp3) is 1.00. The Labute approximate surface area is 80.4 Å². The van der Waals surface area contributed by atoms with Gasteiger partial charge in [0.05, 0.1) is 0 Å². The molecule has 0 saturated carbocycles. The fourth-order valence-corrected chi connectivity index (χ4v) is 1.63. The van der Waals surface area contributed by atoms with Crippen molar-refractivity contribution in [2.75, 3.05) is 6.61 Å². The van der Waals surface area contributed by atoms with Crippen molar-refractivity contribution in [3.63, 3.8) is 0 Å². The predicted molar refractivity (Wildman–Crippen MR) is 58.4 cm³/mol. The Balaban J connectivity index is 3.70. The third-order valence-corrected chi connectivity index (χ3v) is 3.31. The molecule has 0 rings (SSSR count). The molecular weight excluding hydrogens is 164 g/mol. The van der Waals surface area contributed by atoms with Gasteiger partial charge in [-0.25, -0.2) is 0 Å². The van der Waals surface area contributed by atoms with Crippen molar-refractivity contribution in [1.82, 2.24) is 0 Å². The fourth-order valence-electron chi connectivity index (χ4n) is 1.43. The molecular formula is C10H24OSi. The molecule has 1 unspecified atom stereocenters. The van der Waals surface area contributed by atoms with Crippen molar-refractivity contribution in [1.29, 1.82) is 0 Å². The van der Waals surface area contributed by atoms with Gasteiger partial charge in [-0.05, 0) is 18.3 Å². The molecule has 12 heavy (non-hydrogen) atoms. The van der Waals surface area contributed by atoms with Crippen molar-refractivity contribution in [3.8, 4) is 0 Å². The normalized spacial score (nSPS) is 16.2. The molecule has 0 radical (unpaired) electrons. The van der Waals surface area contributed by atoms with Crippen molar-refractivity contribution in [3.05, 3.63) is 0 Å². The van der Waals surface area contributed by atoms with Crippen LogP contribution in [-0.2, 0) is 4.43 Å². The summed E-state index contributed by atoms with van der Waals surface area (Å²) in [5, 5.41) is 0. The minimum atomic E-state index is 0.542. The van der Waals surface area contributed by atoms with Crippen LogP contribution in [0.25, 0.3) is 0 Å². The van der Waals surface area contributed by atoms with E-state index in [1.54, 1.807) is 0 Å². The molecule has 0 bridgehead atoms. The number of hydrogen-bond acceptors (Lipinski definition) is 1. The van der Waals surface area contributed by atoms with Gasteiger partial charge in [0.15, 0.2) is 0 Å². The number of rotatable bonds is 7. The van der Waals surface area contributed by atoms with Gasteiger partial charge < -0.3 is 4.43 Å². The maximum Gasteiger partial charge on any atom is 0.145 e. The van der Waals surface area contributed by atoms with Gasteiger partial charge in [-0.2, -0.15) is 0 Å². The van der Waals surface area contributed by atoms with E-state index < -0.39 is 0 Å². The average Bonchev–Trinajstić information content (AvgIpc) is 2.11. The van der Waals surface area contributed by atoms with Gasteiger partial charge in [0, 0.05) is 6.61 Å². The van der Waals surface area contributed by atoms with Crippen LogP contribution in [-0.4, -0.2) is 17.1 Å². The SMILES string of the molecule is CCCCC(C)(CC)CCO[SiH3]. The van der Waals surface area contributed by atoms with Crippen LogP contribution in [0.2, 0.25) is 0 Å². The van der Waals surface area contributed by atoms with Crippen LogP contribution in [0.3, 0.4) is 0 Å². The van der Waals surface area contributed by atoms with E-state index in [2.05, 4.69) is 20.8 Å². The molecule has 0 aromatic heterocycles. The molecule has 1 nitrogen and oxygen atoms in total. The molecule has 0 fully saturated rings. The van der Waals surface area contributed by atoms with Gasteiger partial charge >= 0.3 is 0 Å². The summed E-state index contributed by atoms with van der Waals surface area (Å²) in [6.45, 7) is 7.92. The Bertz CT molecular complexity index is 96.0. The van der Waals surface area contributed by atoms with Crippen LogP contribution in [0.5, 0.6) is 0 Å². The molecule has 0 aromatic carbocycles. The highest BCUT2D eigenvalue weighted by atomic mass is 28.2. The predicted octanol–water partition coefficient (Wildman–Crippen LogP) is 2.28. The average molecular weight is 188 g/mol. The molecule has 2 heteroatoms. The molecule has 0 aliphatic heterocycles.